The number of pyridine rings is 1. The van der Waals surface area contributed by atoms with Gasteiger partial charge in [0.2, 0.25) is 0 Å². The van der Waals surface area contributed by atoms with Gasteiger partial charge in [-0.2, -0.15) is 18.3 Å². The van der Waals surface area contributed by atoms with Gasteiger partial charge in [0, 0.05) is 13.2 Å². The fourth-order valence-corrected chi connectivity index (χ4v) is 2.61. The van der Waals surface area contributed by atoms with Crippen molar-refractivity contribution in [2.24, 2.45) is 7.05 Å². The van der Waals surface area contributed by atoms with E-state index >= 15 is 0 Å². The van der Waals surface area contributed by atoms with Crippen LogP contribution in [0.1, 0.15) is 29.9 Å². The monoisotopic (exact) mass is 362 g/mol. The van der Waals surface area contributed by atoms with Crippen LogP contribution in [0, 0.1) is 0 Å². The Morgan fingerprint density at radius 1 is 1.33 bits per heavy atom. The molecule has 1 N–H and O–H groups in total. The number of aryl methyl sites for hydroxylation is 1. The van der Waals surface area contributed by atoms with Gasteiger partial charge in [-0.05, 0) is 34.6 Å². The van der Waals surface area contributed by atoms with Crippen LogP contribution in [0.15, 0.2) is 29.0 Å². The van der Waals surface area contributed by atoms with E-state index in [-0.39, 0.29) is 6.04 Å². The number of rotatable bonds is 4. The molecule has 2 rings (SSSR count). The van der Waals surface area contributed by atoms with Crippen molar-refractivity contribution in [3.05, 3.63) is 46.0 Å². The van der Waals surface area contributed by atoms with E-state index < -0.39 is 11.7 Å². The van der Waals surface area contributed by atoms with Crippen molar-refractivity contribution in [2.45, 2.75) is 19.1 Å². The first-order chi connectivity index (χ1) is 9.84. The Hall–Kier alpha value is -1.41. The smallest absolute Gasteiger partial charge is 0.304 e. The van der Waals surface area contributed by atoms with Crippen LogP contribution in [-0.2, 0) is 13.2 Å². The summed E-state index contributed by atoms with van der Waals surface area (Å²) in [4.78, 5) is 3.96. The highest BCUT2D eigenvalue weighted by Gasteiger charge is 2.31. The van der Waals surface area contributed by atoms with Crippen molar-refractivity contribution in [1.82, 2.24) is 20.1 Å². The maximum atomic E-state index is 12.6. The van der Waals surface area contributed by atoms with Crippen molar-refractivity contribution < 1.29 is 13.2 Å². The minimum atomic E-state index is -4.38. The summed E-state index contributed by atoms with van der Waals surface area (Å²) in [5, 5.41) is 7.33. The first-order valence-corrected chi connectivity index (χ1v) is 7.07. The predicted molar refractivity (Wildman–Crippen MR) is 75.7 cm³/mol. The van der Waals surface area contributed by atoms with Gasteiger partial charge in [-0.15, -0.1) is 0 Å². The Labute approximate surface area is 128 Å². The molecule has 0 radical (unpaired) electrons. The van der Waals surface area contributed by atoms with E-state index in [1.54, 1.807) is 17.9 Å². The first-order valence-electron chi connectivity index (χ1n) is 6.28. The molecule has 0 spiro atoms. The standard InChI is InChI=1S/C13H14BrF3N4/c1-3-18-11(12-9(14)7-20-21(12)2)10-5-4-8(6-19-10)13(15,16)17/h4-7,11,18H,3H2,1-2H3. The quantitative estimate of drug-likeness (QED) is 0.907. The second-order valence-corrected chi connectivity index (χ2v) is 5.32. The van der Waals surface area contributed by atoms with Crippen LogP contribution in [0.3, 0.4) is 0 Å². The molecule has 0 aromatic carbocycles. The van der Waals surface area contributed by atoms with Gasteiger partial charge in [0.25, 0.3) is 0 Å². The van der Waals surface area contributed by atoms with Gasteiger partial charge in [0.1, 0.15) is 0 Å². The van der Waals surface area contributed by atoms with Crippen LogP contribution >= 0.6 is 15.9 Å². The highest BCUT2D eigenvalue weighted by Crippen LogP contribution is 2.31. The van der Waals surface area contributed by atoms with Gasteiger partial charge in [0.15, 0.2) is 0 Å². The summed E-state index contributed by atoms with van der Waals surface area (Å²) in [7, 11) is 1.77. The van der Waals surface area contributed by atoms with E-state index in [0.717, 1.165) is 22.4 Å². The maximum Gasteiger partial charge on any atom is 0.417 e. The van der Waals surface area contributed by atoms with Gasteiger partial charge >= 0.3 is 6.18 Å². The van der Waals surface area contributed by atoms with Crippen molar-refractivity contribution in [3.8, 4) is 0 Å². The summed E-state index contributed by atoms with van der Waals surface area (Å²) in [5.41, 5.74) is 0.559. The van der Waals surface area contributed by atoms with E-state index in [4.69, 9.17) is 0 Å². The minimum Gasteiger partial charge on any atom is -0.304 e. The zero-order valence-electron chi connectivity index (χ0n) is 11.4. The van der Waals surface area contributed by atoms with E-state index in [9.17, 15) is 13.2 Å². The molecule has 1 unspecified atom stereocenters. The predicted octanol–water partition coefficient (Wildman–Crippen LogP) is 3.30. The Morgan fingerprint density at radius 3 is 2.48 bits per heavy atom. The van der Waals surface area contributed by atoms with E-state index in [2.05, 4.69) is 31.3 Å². The fraction of sp³-hybridized carbons (Fsp3) is 0.385. The molecule has 2 heterocycles. The molecule has 0 saturated heterocycles. The van der Waals surface area contributed by atoms with E-state index in [0.29, 0.717) is 12.2 Å². The number of hydrogen-bond acceptors (Lipinski definition) is 3. The number of aromatic nitrogens is 3. The molecule has 1 atom stereocenters. The molecule has 0 amide bonds. The third-order valence-electron chi connectivity index (χ3n) is 3.03. The summed E-state index contributed by atoms with van der Waals surface area (Å²) in [6.07, 6.45) is -1.89. The SMILES string of the molecule is CCNC(c1ccc(C(F)(F)F)cn1)c1c(Br)cnn1C. The summed E-state index contributed by atoms with van der Waals surface area (Å²) < 4.78 is 40.2. The first kappa shape index (κ1) is 16.0. The topological polar surface area (TPSA) is 42.7 Å². The number of nitrogens with zero attached hydrogens (tertiary/aromatic N) is 3. The minimum absolute atomic E-state index is 0.334. The van der Waals surface area contributed by atoms with Gasteiger partial charge in [0.05, 0.1) is 33.7 Å². The molecule has 8 heteroatoms. The molecule has 0 fully saturated rings. The molecule has 2 aromatic rings. The van der Waals surface area contributed by atoms with Crippen LogP contribution in [0.5, 0.6) is 0 Å². The lowest BCUT2D eigenvalue weighted by atomic mass is 10.1. The lowest BCUT2D eigenvalue weighted by molar-refractivity contribution is -0.137. The second kappa shape index (κ2) is 6.15. The fourth-order valence-electron chi connectivity index (χ4n) is 2.03. The van der Waals surface area contributed by atoms with Crippen LogP contribution < -0.4 is 5.32 Å². The van der Waals surface area contributed by atoms with Crippen LogP contribution in [0.4, 0.5) is 13.2 Å². The zero-order valence-corrected chi connectivity index (χ0v) is 13.0. The van der Waals surface area contributed by atoms with Crippen molar-refractivity contribution >= 4 is 15.9 Å². The Bertz CT molecular complexity index is 587. The summed E-state index contributed by atoms with van der Waals surface area (Å²) >= 11 is 3.40. The van der Waals surface area contributed by atoms with Crippen molar-refractivity contribution in [2.75, 3.05) is 6.54 Å². The Morgan fingerprint density at radius 2 is 2.05 bits per heavy atom. The van der Waals surface area contributed by atoms with Crippen LogP contribution in [-0.4, -0.2) is 21.3 Å². The molecule has 0 aliphatic carbocycles. The van der Waals surface area contributed by atoms with Crippen LogP contribution in [0.2, 0.25) is 0 Å². The molecule has 114 valence electrons. The normalized spacial score (nSPS) is 13.4. The third-order valence-corrected chi connectivity index (χ3v) is 3.64. The molecule has 2 aromatic heterocycles. The highest BCUT2D eigenvalue weighted by atomic mass is 79.9. The zero-order chi connectivity index (χ0) is 15.6. The summed E-state index contributed by atoms with van der Waals surface area (Å²) in [6.45, 7) is 2.56. The average Bonchev–Trinajstić information content (AvgIpc) is 2.75. The Balaban J connectivity index is 2.40. The maximum absolute atomic E-state index is 12.6. The Kier molecular flexibility index (Phi) is 4.67. The van der Waals surface area contributed by atoms with Crippen LogP contribution in [0.25, 0.3) is 0 Å². The van der Waals surface area contributed by atoms with Gasteiger partial charge in [-0.3, -0.25) is 9.67 Å². The molecular formula is C13H14BrF3N4. The number of halogens is 4. The van der Waals surface area contributed by atoms with Crippen molar-refractivity contribution in [3.63, 3.8) is 0 Å². The number of nitrogens with one attached hydrogen (secondary N) is 1. The van der Waals surface area contributed by atoms with Gasteiger partial charge in [-0.25, -0.2) is 0 Å². The molecule has 0 aliphatic rings. The highest BCUT2D eigenvalue weighted by molar-refractivity contribution is 9.10. The van der Waals surface area contributed by atoms with E-state index in [1.807, 2.05) is 6.92 Å². The average molecular weight is 363 g/mol. The second-order valence-electron chi connectivity index (χ2n) is 4.46. The lowest BCUT2D eigenvalue weighted by Gasteiger charge is -2.19. The van der Waals surface area contributed by atoms with Crippen molar-refractivity contribution in [1.29, 1.82) is 0 Å². The molecule has 0 bridgehead atoms. The van der Waals surface area contributed by atoms with Gasteiger partial charge < -0.3 is 5.32 Å². The third kappa shape index (κ3) is 3.44. The van der Waals surface area contributed by atoms with E-state index in [1.165, 1.54) is 6.07 Å². The summed E-state index contributed by atoms with van der Waals surface area (Å²) in [5.74, 6) is 0. The molecule has 21 heavy (non-hydrogen) atoms. The molecular weight excluding hydrogens is 349 g/mol. The van der Waals surface area contributed by atoms with Gasteiger partial charge in [-0.1, -0.05) is 6.92 Å². The molecule has 0 aliphatic heterocycles. The number of alkyl halides is 3. The lowest BCUT2D eigenvalue weighted by Crippen LogP contribution is -2.25. The molecule has 4 nitrogen and oxygen atoms in total. The molecule has 0 saturated carbocycles. The number of hydrogen-bond donors (Lipinski definition) is 1. The summed E-state index contributed by atoms with van der Waals surface area (Å²) in [6, 6.07) is 2.09. The largest absolute Gasteiger partial charge is 0.417 e.